The van der Waals surface area contributed by atoms with Crippen LogP contribution in [0.2, 0.25) is 0 Å². The summed E-state index contributed by atoms with van der Waals surface area (Å²) in [5, 5.41) is 6.21. The number of benzene rings is 1. The molecular weight excluding hydrogens is 245 g/mol. The molecule has 19 heavy (non-hydrogen) atoms. The Balaban J connectivity index is 2.11. The number of amides is 1. The van der Waals surface area contributed by atoms with Crippen LogP contribution in [-0.2, 0) is 6.42 Å². The Morgan fingerprint density at radius 3 is 3.05 bits per heavy atom. The fourth-order valence-corrected chi connectivity index (χ4v) is 2.84. The highest BCUT2D eigenvalue weighted by Crippen LogP contribution is 2.31. The molecule has 2 heterocycles. The summed E-state index contributed by atoms with van der Waals surface area (Å²) in [6.45, 7) is 4.49. The molecule has 2 aliphatic heterocycles. The Bertz CT molecular complexity index is 518. The number of hydrogen-bond acceptors (Lipinski definition) is 3. The SMILES string of the molecule is CCc1cc(F)c2c(c1)N1CCNCCC1NC2=O. The predicted octanol–water partition coefficient (Wildman–Crippen LogP) is 1.26. The van der Waals surface area contributed by atoms with Crippen LogP contribution in [0.5, 0.6) is 0 Å². The van der Waals surface area contributed by atoms with Crippen LogP contribution in [0.3, 0.4) is 0 Å². The minimum absolute atomic E-state index is 0.0264. The molecule has 1 aromatic carbocycles. The Labute approximate surface area is 112 Å². The summed E-state index contributed by atoms with van der Waals surface area (Å²) in [6, 6.07) is 3.42. The molecule has 1 fully saturated rings. The van der Waals surface area contributed by atoms with E-state index >= 15 is 0 Å². The van der Waals surface area contributed by atoms with Crippen LogP contribution in [0.25, 0.3) is 0 Å². The lowest BCUT2D eigenvalue weighted by atomic mass is 10.0. The van der Waals surface area contributed by atoms with Crippen LogP contribution >= 0.6 is 0 Å². The summed E-state index contributed by atoms with van der Waals surface area (Å²) in [7, 11) is 0. The third-order valence-electron chi connectivity index (χ3n) is 3.87. The van der Waals surface area contributed by atoms with Gasteiger partial charge in [-0.05, 0) is 37.1 Å². The quantitative estimate of drug-likeness (QED) is 0.801. The Hall–Kier alpha value is -1.62. The van der Waals surface area contributed by atoms with Crippen molar-refractivity contribution in [3.8, 4) is 0 Å². The molecule has 5 heteroatoms. The predicted molar refractivity (Wildman–Crippen MR) is 71.9 cm³/mol. The van der Waals surface area contributed by atoms with Gasteiger partial charge in [0.25, 0.3) is 5.91 Å². The summed E-state index contributed by atoms with van der Waals surface area (Å²) in [5.41, 5.74) is 1.87. The van der Waals surface area contributed by atoms with Crippen molar-refractivity contribution < 1.29 is 9.18 Å². The van der Waals surface area contributed by atoms with Gasteiger partial charge in [-0.15, -0.1) is 0 Å². The molecule has 0 saturated carbocycles. The first kappa shape index (κ1) is 12.4. The summed E-state index contributed by atoms with van der Waals surface area (Å²) < 4.78 is 14.1. The highest BCUT2D eigenvalue weighted by atomic mass is 19.1. The second-order valence-electron chi connectivity index (χ2n) is 5.05. The first-order chi connectivity index (χ1) is 9.20. The van der Waals surface area contributed by atoms with Gasteiger partial charge in [-0.25, -0.2) is 4.39 Å². The fraction of sp³-hybridized carbons (Fsp3) is 0.500. The van der Waals surface area contributed by atoms with Gasteiger partial charge in [-0.2, -0.15) is 0 Å². The van der Waals surface area contributed by atoms with E-state index < -0.39 is 5.82 Å². The maximum atomic E-state index is 14.1. The summed E-state index contributed by atoms with van der Waals surface area (Å²) in [5.74, 6) is -0.708. The highest BCUT2D eigenvalue weighted by molar-refractivity contribution is 6.02. The molecule has 0 aliphatic carbocycles. The highest BCUT2D eigenvalue weighted by Gasteiger charge is 2.33. The normalized spacial score (nSPS) is 22.3. The molecule has 0 aromatic heterocycles. The van der Waals surface area contributed by atoms with E-state index in [4.69, 9.17) is 0 Å². The maximum Gasteiger partial charge on any atom is 0.257 e. The average molecular weight is 263 g/mol. The van der Waals surface area contributed by atoms with Crippen LogP contribution in [0.1, 0.15) is 29.3 Å². The zero-order chi connectivity index (χ0) is 13.4. The fourth-order valence-electron chi connectivity index (χ4n) is 2.84. The number of anilines is 1. The first-order valence-electron chi connectivity index (χ1n) is 6.81. The van der Waals surface area contributed by atoms with Crippen molar-refractivity contribution in [1.29, 1.82) is 0 Å². The van der Waals surface area contributed by atoms with Crippen molar-refractivity contribution in [2.75, 3.05) is 24.5 Å². The standard InChI is InChI=1S/C14H18FN3O/c1-2-9-7-10(15)13-11(8-9)18-6-5-16-4-3-12(18)17-14(13)19/h7-8,12,16H,2-6H2,1H3,(H,17,19). The lowest BCUT2D eigenvalue weighted by Gasteiger charge is -2.38. The van der Waals surface area contributed by atoms with Gasteiger partial charge in [-0.1, -0.05) is 6.92 Å². The van der Waals surface area contributed by atoms with E-state index in [9.17, 15) is 9.18 Å². The number of rotatable bonds is 1. The van der Waals surface area contributed by atoms with Crippen LogP contribution in [0.4, 0.5) is 10.1 Å². The largest absolute Gasteiger partial charge is 0.349 e. The summed E-state index contributed by atoms with van der Waals surface area (Å²) >= 11 is 0. The van der Waals surface area contributed by atoms with Crippen molar-refractivity contribution >= 4 is 11.6 Å². The molecule has 1 atom stereocenters. The van der Waals surface area contributed by atoms with Crippen LogP contribution < -0.4 is 15.5 Å². The van der Waals surface area contributed by atoms with Gasteiger partial charge in [0.05, 0.1) is 11.3 Å². The molecule has 1 aromatic rings. The number of fused-ring (bicyclic) bond motifs is 3. The van der Waals surface area contributed by atoms with E-state index in [1.165, 1.54) is 6.07 Å². The number of aryl methyl sites for hydroxylation is 1. The zero-order valence-corrected chi connectivity index (χ0v) is 11.0. The van der Waals surface area contributed by atoms with Gasteiger partial charge in [-0.3, -0.25) is 4.79 Å². The van der Waals surface area contributed by atoms with Gasteiger partial charge in [0.15, 0.2) is 0 Å². The minimum Gasteiger partial charge on any atom is -0.349 e. The number of carbonyl (C=O) groups is 1. The molecule has 3 rings (SSSR count). The van der Waals surface area contributed by atoms with E-state index in [-0.39, 0.29) is 17.6 Å². The molecule has 0 spiro atoms. The molecule has 1 unspecified atom stereocenters. The van der Waals surface area contributed by atoms with Crippen LogP contribution in [0, 0.1) is 5.82 Å². The molecular formula is C14H18FN3O. The Kier molecular flexibility index (Phi) is 3.14. The zero-order valence-electron chi connectivity index (χ0n) is 11.0. The van der Waals surface area contributed by atoms with E-state index in [0.29, 0.717) is 0 Å². The maximum absolute atomic E-state index is 14.1. The molecule has 4 nitrogen and oxygen atoms in total. The third-order valence-corrected chi connectivity index (χ3v) is 3.87. The minimum atomic E-state index is -0.414. The monoisotopic (exact) mass is 263 g/mol. The molecule has 0 bridgehead atoms. The van der Waals surface area contributed by atoms with Gasteiger partial charge in [0.2, 0.25) is 0 Å². The first-order valence-corrected chi connectivity index (χ1v) is 6.81. The number of nitrogens with one attached hydrogen (secondary N) is 2. The van der Waals surface area contributed by atoms with Gasteiger partial charge in [0, 0.05) is 13.1 Å². The van der Waals surface area contributed by atoms with Crippen LogP contribution in [-0.4, -0.2) is 31.7 Å². The molecule has 1 saturated heterocycles. The third kappa shape index (κ3) is 2.08. The van der Waals surface area contributed by atoms with Gasteiger partial charge < -0.3 is 15.5 Å². The lowest BCUT2D eigenvalue weighted by Crippen LogP contribution is -2.53. The lowest BCUT2D eigenvalue weighted by molar-refractivity contribution is 0.0922. The number of nitrogens with zero attached hydrogens (tertiary/aromatic N) is 1. The second-order valence-corrected chi connectivity index (χ2v) is 5.05. The number of hydrogen-bond donors (Lipinski definition) is 2. The Morgan fingerprint density at radius 1 is 1.42 bits per heavy atom. The average Bonchev–Trinajstić information content (AvgIpc) is 2.63. The summed E-state index contributed by atoms with van der Waals surface area (Å²) in [6.07, 6.45) is 1.58. The molecule has 102 valence electrons. The number of halogens is 1. The van der Waals surface area contributed by atoms with Gasteiger partial charge >= 0.3 is 0 Å². The van der Waals surface area contributed by atoms with E-state index in [0.717, 1.165) is 43.7 Å². The van der Waals surface area contributed by atoms with Gasteiger partial charge in [0.1, 0.15) is 12.0 Å². The van der Waals surface area contributed by atoms with Crippen LogP contribution in [0.15, 0.2) is 12.1 Å². The van der Waals surface area contributed by atoms with E-state index in [1.807, 2.05) is 13.0 Å². The van der Waals surface area contributed by atoms with E-state index in [2.05, 4.69) is 15.5 Å². The molecule has 2 aliphatic rings. The molecule has 1 amide bonds. The van der Waals surface area contributed by atoms with Crippen molar-refractivity contribution in [2.45, 2.75) is 25.9 Å². The number of carbonyl (C=O) groups excluding carboxylic acids is 1. The van der Waals surface area contributed by atoms with E-state index in [1.54, 1.807) is 0 Å². The molecule has 0 radical (unpaired) electrons. The van der Waals surface area contributed by atoms with Crippen molar-refractivity contribution in [3.05, 3.63) is 29.1 Å². The topological polar surface area (TPSA) is 44.4 Å². The van der Waals surface area contributed by atoms with Crippen molar-refractivity contribution in [1.82, 2.24) is 10.6 Å². The summed E-state index contributed by atoms with van der Waals surface area (Å²) in [4.78, 5) is 14.2. The second kappa shape index (κ2) is 4.81. The Morgan fingerprint density at radius 2 is 2.26 bits per heavy atom. The molecule has 2 N–H and O–H groups in total. The smallest absolute Gasteiger partial charge is 0.257 e. The van der Waals surface area contributed by atoms with Crippen molar-refractivity contribution in [2.24, 2.45) is 0 Å². The van der Waals surface area contributed by atoms with Crippen molar-refractivity contribution in [3.63, 3.8) is 0 Å².